The minimum absolute atomic E-state index is 0. The van der Waals surface area contributed by atoms with Crippen molar-refractivity contribution in [2.24, 2.45) is 17.8 Å². The largest absolute Gasteiger partial charge is 1.00 e. The van der Waals surface area contributed by atoms with E-state index in [4.69, 9.17) is 4.74 Å². The Morgan fingerprint density at radius 2 is 1.21 bits per heavy atom. The molecule has 1 spiro atoms. The van der Waals surface area contributed by atoms with Gasteiger partial charge in [-0.15, -0.1) is 0 Å². The Hall–Kier alpha value is -2.01. The third-order valence-electron chi connectivity index (χ3n) is 6.65. The van der Waals surface area contributed by atoms with Gasteiger partial charge in [-0.3, -0.25) is 9.59 Å². The van der Waals surface area contributed by atoms with Gasteiger partial charge in [0.15, 0.2) is 11.6 Å². The van der Waals surface area contributed by atoms with Crippen molar-refractivity contribution in [1.82, 2.24) is 0 Å². The van der Waals surface area contributed by atoms with Crippen molar-refractivity contribution in [2.75, 3.05) is 39.4 Å². The molecule has 0 N–H and O–H groups in total. The second-order valence-corrected chi connectivity index (χ2v) is 8.30. The summed E-state index contributed by atoms with van der Waals surface area (Å²) in [4.78, 5) is 26.8. The maximum Gasteiger partial charge on any atom is 0.171 e. The Morgan fingerprint density at radius 1 is 0.793 bits per heavy atom. The van der Waals surface area contributed by atoms with Crippen molar-refractivity contribution in [3.8, 4) is 0 Å². The zero-order chi connectivity index (χ0) is 19.6. The molecule has 4 nitrogen and oxygen atoms in total. The number of hydrogen-bond donors (Lipinski definition) is 0. The van der Waals surface area contributed by atoms with Crippen LogP contribution in [-0.4, -0.2) is 55.4 Å². The Balaban J connectivity index is 0.00000240. The van der Waals surface area contributed by atoms with Gasteiger partial charge in [0, 0.05) is 11.1 Å². The van der Waals surface area contributed by atoms with Crippen LogP contribution in [0.25, 0.3) is 0 Å². The summed E-state index contributed by atoms with van der Waals surface area (Å²) < 4.78 is 6.42. The fourth-order valence-electron chi connectivity index (χ4n) is 4.89. The van der Waals surface area contributed by atoms with E-state index in [-0.39, 0.29) is 41.7 Å². The summed E-state index contributed by atoms with van der Waals surface area (Å²) in [5.41, 5.74) is 1.50. The number of hydrogen-bond acceptors (Lipinski definition) is 3. The molecule has 2 aromatic carbocycles. The fraction of sp³-hybridized carbons (Fsp3) is 0.417. The Bertz CT molecular complexity index is 770. The van der Waals surface area contributed by atoms with E-state index in [2.05, 4.69) is 6.92 Å². The first kappa shape index (κ1) is 21.7. The Morgan fingerprint density at radius 3 is 1.62 bits per heavy atom. The number of quaternary nitrogens is 1. The molecule has 2 aromatic rings. The van der Waals surface area contributed by atoms with Gasteiger partial charge in [-0.1, -0.05) is 67.6 Å². The molecule has 0 saturated carbocycles. The zero-order valence-corrected chi connectivity index (χ0v) is 17.6. The van der Waals surface area contributed by atoms with Crippen LogP contribution in [0, 0.1) is 17.8 Å². The summed E-state index contributed by atoms with van der Waals surface area (Å²) in [7, 11) is 0. The average Bonchev–Trinajstić information content (AvgIpc) is 2.76. The minimum Gasteiger partial charge on any atom is -1.00 e. The third kappa shape index (κ3) is 4.45. The number of rotatable bonds is 4. The predicted molar refractivity (Wildman–Crippen MR) is 108 cm³/mol. The molecule has 5 heteroatoms. The monoisotopic (exact) mass is 413 g/mol. The molecular formula is C24H28ClNO3. The number of halogens is 1. The Labute approximate surface area is 178 Å². The molecule has 0 bridgehead atoms. The van der Waals surface area contributed by atoms with E-state index in [1.54, 1.807) is 0 Å². The number of morpholine rings is 1. The molecule has 29 heavy (non-hydrogen) atoms. The topological polar surface area (TPSA) is 43.4 Å². The molecule has 0 aliphatic carbocycles. The van der Waals surface area contributed by atoms with Gasteiger partial charge in [0.05, 0.1) is 38.1 Å². The van der Waals surface area contributed by atoms with Crippen LogP contribution < -0.4 is 12.4 Å². The molecular weight excluding hydrogens is 386 g/mol. The first-order chi connectivity index (χ1) is 13.6. The van der Waals surface area contributed by atoms with Gasteiger partial charge in [0.2, 0.25) is 0 Å². The molecule has 2 aliphatic rings. The van der Waals surface area contributed by atoms with Gasteiger partial charge in [0.1, 0.15) is 13.1 Å². The van der Waals surface area contributed by atoms with Gasteiger partial charge in [-0.05, 0) is 5.92 Å². The molecule has 2 unspecified atom stereocenters. The maximum atomic E-state index is 13.4. The average molecular weight is 414 g/mol. The highest BCUT2D eigenvalue weighted by Crippen LogP contribution is 2.37. The molecule has 2 saturated heterocycles. The second kappa shape index (κ2) is 9.21. The number of benzene rings is 2. The van der Waals surface area contributed by atoms with Crippen molar-refractivity contribution in [3.63, 3.8) is 0 Å². The Kier molecular flexibility index (Phi) is 6.89. The molecule has 4 rings (SSSR count). The SMILES string of the molecule is CC1C(C(=O)c2ccccc2)C[N+]2(CCOCC2)CC1C(=O)c1ccccc1.[Cl-]. The summed E-state index contributed by atoms with van der Waals surface area (Å²) in [6, 6.07) is 19.1. The van der Waals surface area contributed by atoms with E-state index in [9.17, 15) is 9.59 Å². The number of piperidine rings is 1. The van der Waals surface area contributed by atoms with Gasteiger partial charge >= 0.3 is 0 Å². The van der Waals surface area contributed by atoms with E-state index in [1.807, 2.05) is 60.7 Å². The highest BCUT2D eigenvalue weighted by atomic mass is 35.5. The lowest BCUT2D eigenvalue weighted by molar-refractivity contribution is -0.944. The zero-order valence-electron chi connectivity index (χ0n) is 16.8. The maximum absolute atomic E-state index is 13.4. The predicted octanol–water partition coefficient (Wildman–Crippen LogP) is 0.485. The number of carbonyl (C=O) groups excluding carboxylic acids is 2. The van der Waals surface area contributed by atoms with Crippen molar-refractivity contribution in [3.05, 3.63) is 71.8 Å². The lowest BCUT2D eigenvalue weighted by Gasteiger charge is -2.50. The van der Waals surface area contributed by atoms with Crippen LogP contribution in [0.4, 0.5) is 0 Å². The molecule has 2 fully saturated rings. The second-order valence-electron chi connectivity index (χ2n) is 8.30. The number of nitrogens with zero attached hydrogens (tertiary/aromatic N) is 1. The third-order valence-corrected chi connectivity index (χ3v) is 6.65. The standard InChI is InChI=1S/C24H28NO3.ClH/c1-18-21(23(26)19-8-4-2-5-9-19)16-25(12-14-28-15-13-25)17-22(18)24(27)20-10-6-3-7-11-20;/h2-11,18,21-22H,12-17H2,1H3;1H/q+1;/p-1. The molecule has 0 aromatic heterocycles. The first-order valence-electron chi connectivity index (χ1n) is 10.2. The van der Waals surface area contributed by atoms with Crippen molar-refractivity contribution in [1.29, 1.82) is 0 Å². The number of ether oxygens (including phenoxy) is 1. The lowest BCUT2D eigenvalue weighted by Crippen LogP contribution is -3.00. The fourth-order valence-corrected chi connectivity index (χ4v) is 4.89. The highest BCUT2D eigenvalue weighted by molar-refractivity contribution is 6.01. The van der Waals surface area contributed by atoms with E-state index in [0.717, 1.165) is 41.8 Å². The highest BCUT2D eigenvalue weighted by Gasteiger charge is 2.50. The molecule has 2 atom stereocenters. The van der Waals surface area contributed by atoms with Crippen molar-refractivity contribution >= 4 is 11.6 Å². The summed E-state index contributed by atoms with van der Waals surface area (Å²) in [6.45, 7) is 6.86. The van der Waals surface area contributed by atoms with Crippen LogP contribution in [-0.2, 0) is 4.74 Å². The molecule has 2 aliphatic heterocycles. The van der Waals surface area contributed by atoms with Crippen LogP contribution in [0.15, 0.2) is 60.7 Å². The van der Waals surface area contributed by atoms with E-state index >= 15 is 0 Å². The molecule has 154 valence electrons. The summed E-state index contributed by atoms with van der Waals surface area (Å²) in [5.74, 6) is 0.0659. The van der Waals surface area contributed by atoms with E-state index < -0.39 is 0 Å². The number of ketones is 2. The number of carbonyl (C=O) groups is 2. The smallest absolute Gasteiger partial charge is 0.171 e. The van der Waals surface area contributed by atoms with Gasteiger partial charge in [0.25, 0.3) is 0 Å². The molecule has 0 radical (unpaired) electrons. The summed E-state index contributed by atoms with van der Waals surface area (Å²) in [5, 5.41) is 0. The van der Waals surface area contributed by atoms with Crippen LogP contribution >= 0.6 is 0 Å². The van der Waals surface area contributed by atoms with Crippen molar-refractivity contribution < 1.29 is 31.2 Å². The van der Waals surface area contributed by atoms with E-state index in [0.29, 0.717) is 13.2 Å². The number of Topliss-reactive ketones (excluding diaryl/α,β-unsaturated/α-hetero) is 2. The molecule has 0 amide bonds. The summed E-state index contributed by atoms with van der Waals surface area (Å²) >= 11 is 0. The van der Waals surface area contributed by atoms with Crippen molar-refractivity contribution in [2.45, 2.75) is 6.92 Å². The first-order valence-corrected chi connectivity index (χ1v) is 10.2. The normalized spacial score (nSPS) is 25.8. The summed E-state index contributed by atoms with van der Waals surface area (Å²) in [6.07, 6.45) is 0. The van der Waals surface area contributed by atoms with Gasteiger partial charge < -0.3 is 21.6 Å². The van der Waals surface area contributed by atoms with Crippen LogP contribution in [0.1, 0.15) is 27.6 Å². The van der Waals surface area contributed by atoms with Gasteiger partial charge in [-0.25, -0.2) is 0 Å². The quantitative estimate of drug-likeness (QED) is 0.541. The molecule has 2 heterocycles. The van der Waals surface area contributed by atoms with Crippen LogP contribution in [0.3, 0.4) is 0 Å². The van der Waals surface area contributed by atoms with Crippen LogP contribution in [0.5, 0.6) is 0 Å². The van der Waals surface area contributed by atoms with Crippen LogP contribution in [0.2, 0.25) is 0 Å². The van der Waals surface area contributed by atoms with Gasteiger partial charge in [-0.2, -0.15) is 0 Å². The lowest BCUT2D eigenvalue weighted by atomic mass is 9.71. The minimum atomic E-state index is -0.146. The van der Waals surface area contributed by atoms with E-state index in [1.165, 1.54) is 0 Å².